The Bertz CT molecular complexity index is 610. The van der Waals surface area contributed by atoms with Crippen molar-refractivity contribution >= 4 is 17.2 Å². The molecule has 0 aliphatic rings. The molecule has 22 heavy (non-hydrogen) atoms. The number of nitrogens with two attached hydrogens (primary N) is 1. The molecular formula is C16H21N3O2S. The van der Waals surface area contributed by atoms with Crippen molar-refractivity contribution in [3.8, 4) is 16.3 Å². The smallest absolute Gasteiger partial charge is 0.270 e. The summed E-state index contributed by atoms with van der Waals surface area (Å²) < 4.78 is 5.41. The van der Waals surface area contributed by atoms with Crippen LogP contribution in [0, 0.1) is 5.92 Å². The van der Waals surface area contributed by atoms with Crippen LogP contribution in [0.15, 0.2) is 29.6 Å². The summed E-state index contributed by atoms with van der Waals surface area (Å²) >= 11 is 1.45. The molecule has 1 atom stereocenters. The zero-order valence-electron chi connectivity index (χ0n) is 12.8. The van der Waals surface area contributed by atoms with Crippen molar-refractivity contribution in [2.75, 3.05) is 19.7 Å². The molecule has 1 heterocycles. The molecule has 0 radical (unpaired) electrons. The Morgan fingerprint density at radius 1 is 1.41 bits per heavy atom. The van der Waals surface area contributed by atoms with Crippen molar-refractivity contribution in [1.82, 2.24) is 10.3 Å². The molecule has 1 aromatic carbocycles. The van der Waals surface area contributed by atoms with E-state index >= 15 is 0 Å². The molecule has 1 unspecified atom stereocenters. The van der Waals surface area contributed by atoms with Crippen molar-refractivity contribution in [3.63, 3.8) is 0 Å². The Kier molecular flexibility index (Phi) is 5.91. The number of hydrogen-bond acceptors (Lipinski definition) is 5. The second-order valence-electron chi connectivity index (χ2n) is 5.05. The van der Waals surface area contributed by atoms with Gasteiger partial charge in [0.15, 0.2) is 0 Å². The van der Waals surface area contributed by atoms with E-state index in [0.717, 1.165) is 16.3 Å². The SMILES string of the molecule is CCOc1ccc(-c2nc(C(=O)NCC(C)CN)cs2)cc1. The van der Waals surface area contributed by atoms with Gasteiger partial charge in [-0.15, -0.1) is 11.3 Å². The van der Waals surface area contributed by atoms with Gasteiger partial charge in [-0.1, -0.05) is 6.92 Å². The quantitative estimate of drug-likeness (QED) is 0.822. The molecule has 6 heteroatoms. The minimum atomic E-state index is -0.159. The molecule has 0 aliphatic carbocycles. The van der Waals surface area contributed by atoms with E-state index in [-0.39, 0.29) is 11.8 Å². The van der Waals surface area contributed by atoms with Crippen LogP contribution in [0.5, 0.6) is 5.75 Å². The largest absolute Gasteiger partial charge is 0.494 e. The number of thiazole rings is 1. The number of hydrogen-bond donors (Lipinski definition) is 2. The van der Waals surface area contributed by atoms with Crippen LogP contribution in [0.2, 0.25) is 0 Å². The monoisotopic (exact) mass is 319 g/mol. The van der Waals surface area contributed by atoms with E-state index < -0.39 is 0 Å². The van der Waals surface area contributed by atoms with E-state index in [2.05, 4.69) is 10.3 Å². The summed E-state index contributed by atoms with van der Waals surface area (Å²) in [6.45, 7) is 5.69. The lowest BCUT2D eigenvalue weighted by molar-refractivity contribution is 0.0944. The van der Waals surface area contributed by atoms with Gasteiger partial charge in [0.2, 0.25) is 0 Å². The van der Waals surface area contributed by atoms with Crippen molar-refractivity contribution in [2.45, 2.75) is 13.8 Å². The Hall–Kier alpha value is -1.92. The first-order valence-corrected chi connectivity index (χ1v) is 8.19. The maximum Gasteiger partial charge on any atom is 0.270 e. The van der Waals surface area contributed by atoms with Crippen molar-refractivity contribution in [1.29, 1.82) is 0 Å². The van der Waals surface area contributed by atoms with E-state index in [0.29, 0.717) is 25.4 Å². The van der Waals surface area contributed by atoms with E-state index in [9.17, 15) is 4.79 Å². The summed E-state index contributed by atoms with van der Waals surface area (Å²) in [5.74, 6) is 0.929. The maximum absolute atomic E-state index is 12.0. The molecule has 0 aliphatic heterocycles. The summed E-state index contributed by atoms with van der Waals surface area (Å²) in [5.41, 5.74) is 6.95. The number of carbonyl (C=O) groups is 1. The van der Waals surface area contributed by atoms with Crippen LogP contribution in [-0.4, -0.2) is 30.6 Å². The molecular weight excluding hydrogens is 298 g/mol. The van der Waals surface area contributed by atoms with Gasteiger partial charge in [-0.25, -0.2) is 4.98 Å². The molecule has 1 aromatic heterocycles. The predicted octanol–water partition coefficient (Wildman–Crippen LogP) is 2.53. The van der Waals surface area contributed by atoms with Crippen LogP contribution >= 0.6 is 11.3 Å². The highest BCUT2D eigenvalue weighted by Gasteiger charge is 2.12. The minimum absolute atomic E-state index is 0.159. The first-order valence-electron chi connectivity index (χ1n) is 7.31. The van der Waals surface area contributed by atoms with Gasteiger partial charge >= 0.3 is 0 Å². The zero-order chi connectivity index (χ0) is 15.9. The Morgan fingerprint density at radius 2 is 2.14 bits per heavy atom. The van der Waals surface area contributed by atoms with Crippen molar-refractivity contribution in [2.24, 2.45) is 11.7 Å². The van der Waals surface area contributed by atoms with Crippen LogP contribution in [-0.2, 0) is 0 Å². The molecule has 3 N–H and O–H groups in total. The van der Waals surface area contributed by atoms with Gasteiger partial charge in [-0.3, -0.25) is 4.79 Å². The summed E-state index contributed by atoms with van der Waals surface area (Å²) in [6.07, 6.45) is 0. The molecule has 0 bridgehead atoms. The lowest BCUT2D eigenvalue weighted by atomic mass is 10.2. The normalized spacial score (nSPS) is 12.0. The van der Waals surface area contributed by atoms with Gasteiger partial charge in [-0.05, 0) is 43.7 Å². The second-order valence-corrected chi connectivity index (χ2v) is 5.90. The summed E-state index contributed by atoms with van der Waals surface area (Å²) in [4.78, 5) is 16.4. The number of amides is 1. The van der Waals surface area contributed by atoms with E-state index in [1.165, 1.54) is 11.3 Å². The predicted molar refractivity (Wildman–Crippen MR) is 89.3 cm³/mol. The highest BCUT2D eigenvalue weighted by molar-refractivity contribution is 7.13. The van der Waals surface area contributed by atoms with Crippen LogP contribution < -0.4 is 15.8 Å². The van der Waals surface area contributed by atoms with Crippen molar-refractivity contribution in [3.05, 3.63) is 35.3 Å². The highest BCUT2D eigenvalue weighted by atomic mass is 32.1. The number of nitrogens with one attached hydrogen (secondary N) is 1. The Balaban J connectivity index is 2.02. The van der Waals surface area contributed by atoms with E-state index in [1.807, 2.05) is 38.1 Å². The lowest BCUT2D eigenvalue weighted by Gasteiger charge is -2.08. The van der Waals surface area contributed by atoms with Gasteiger partial charge in [-0.2, -0.15) is 0 Å². The third kappa shape index (κ3) is 4.29. The fraction of sp³-hybridized carbons (Fsp3) is 0.375. The zero-order valence-corrected chi connectivity index (χ0v) is 13.7. The van der Waals surface area contributed by atoms with E-state index in [4.69, 9.17) is 10.5 Å². The minimum Gasteiger partial charge on any atom is -0.494 e. The van der Waals surface area contributed by atoms with Crippen LogP contribution in [0.3, 0.4) is 0 Å². The molecule has 0 spiro atoms. The Morgan fingerprint density at radius 3 is 2.77 bits per heavy atom. The van der Waals surface area contributed by atoms with Crippen LogP contribution in [0.4, 0.5) is 0 Å². The molecule has 118 valence electrons. The molecule has 0 fully saturated rings. The van der Waals surface area contributed by atoms with Gasteiger partial charge in [0.1, 0.15) is 16.5 Å². The highest BCUT2D eigenvalue weighted by Crippen LogP contribution is 2.25. The fourth-order valence-electron chi connectivity index (χ4n) is 1.81. The fourth-order valence-corrected chi connectivity index (χ4v) is 2.62. The van der Waals surface area contributed by atoms with Gasteiger partial charge in [0.25, 0.3) is 5.91 Å². The number of benzene rings is 1. The molecule has 0 saturated heterocycles. The number of aromatic nitrogens is 1. The third-order valence-electron chi connectivity index (χ3n) is 3.16. The molecule has 1 amide bonds. The van der Waals surface area contributed by atoms with Gasteiger partial charge in [0.05, 0.1) is 6.61 Å². The summed E-state index contributed by atoms with van der Waals surface area (Å²) in [6, 6.07) is 7.70. The maximum atomic E-state index is 12.0. The average molecular weight is 319 g/mol. The third-order valence-corrected chi connectivity index (χ3v) is 4.05. The molecule has 0 saturated carbocycles. The van der Waals surface area contributed by atoms with E-state index in [1.54, 1.807) is 5.38 Å². The van der Waals surface area contributed by atoms with Gasteiger partial charge in [0, 0.05) is 17.5 Å². The standard InChI is InChI=1S/C16H21N3O2S/c1-3-21-13-6-4-12(5-7-13)16-19-14(10-22-16)15(20)18-9-11(2)8-17/h4-7,10-11H,3,8-9,17H2,1-2H3,(H,18,20). The van der Waals surface area contributed by atoms with Crippen LogP contribution in [0.1, 0.15) is 24.3 Å². The second kappa shape index (κ2) is 7.91. The number of carbonyl (C=O) groups excluding carboxylic acids is 1. The van der Waals surface area contributed by atoms with Gasteiger partial charge < -0.3 is 15.8 Å². The topological polar surface area (TPSA) is 77.2 Å². The summed E-state index contributed by atoms with van der Waals surface area (Å²) in [5, 5.41) is 5.44. The number of rotatable bonds is 7. The summed E-state index contributed by atoms with van der Waals surface area (Å²) in [7, 11) is 0. The molecule has 2 rings (SSSR count). The number of ether oxygens (including phenoxy) is 1. The lowest BCUT2D eigenvalue weighted by Crippen LogP contribution is -2.31. The van der Waals surface area contributed by atoms with Crippen molar-refractivity contribution < 1.29 is 9.53 Å². The first kappa shape index (κ1) is 16.5. The first-order chi connectivity index (χ1) is 10.6. The average Bonchev–Trinajstić information content (AvgIpc) is 3.03. The molecule has 5 nitrogen and oxygen atoms in total. The van der Waals surface area contributed by atoms with Crippen LogP contribution in [0.25, 0.3) is 10.6 Å². The number of nitrogens with zero attached hydrogens (tertiary/aromatic N) is 1. The molecule has 2 aromatic rings. The Labute approximate surface area is 134 Å².